The first-order chi connectivity index (χ1) is 11.9. The Morgan fingerprint density at radius 2 is 2.24 bits per heavy atom. The maximum atomic E-state index is 12.6. The van der Waals surface area contributed by atoms with Crippen molar-refractivity contribution in [1.82, 2.24) is 9.80 Å². The van der Waals surface area contributed by atoms with Crippen molar-refractivity contribution in [2.75, 3.05) is 26.7 Å². The first-order valence-electron chi connectivity index (χ1n) is 8.99. The number of piperidine rings is 1. The van der Waals surface area contributed by atoms with Crippen LogP contribution in [0.1, 0.15) is 36.1 Å². The molecule has 1 aromatic heterocycles. The highest BCUT2D eigenvalue weighted by Crippen LogP contribution is 2.46. The van der Waals surface area contributed by atoms with E-state index in [1.165, 1.54) is 4.88 Å². The van der Waals surface area contributed by atoms with E-state index in [0.29, 0.717) is 18.9 Å². The Balaban J connectivity index is 1.54. The summed E-state index contributed by atoms with van der Waals surface area (Å²) in [5, 5.41) is 2.04. The summed E-state index contributed by atoms with van der Waals surface area (Å²) in [5.74, 6) is 3.28. The van der Waals surface area contributed by atoms with Crippen molar-refractivity contribution in [2.24, 2.45) is 11.3 Å². The number of likely N-dealkylation sites (tertiary alicyclic amines) is 1. The fourth-order valence-electron chi connectivity index (χ4n) is 3.69. The minimum absolute atomic E-state index is 0.0762. The van der Waals surface area contributed by atoms with Crippen molar-refractivity contribution in [1.29, 1.82) is 0 Å². The van der Waals surface area contributed by atoms with E-state index in [1.807, 2.05) is 23.4 Å². The summed E-state index contributed by atoms with van der Waals surface area (Å²) < 4.78 is 0. The van der Waals surface area contributed by atoms with Gasteiger partial charge in [-0.25, -0.2) is 0 Å². The molecule has 0 N–H and O–H groups in total. The molecule has 2 fully saturated rings. The number of carbonyl (C=O) groups is 2. The molecule has 2 aliphatic rings. The van der Waals surface area contributed by atoms with E-state index in [9.17, 15) is 9.59 Å². The molecule has 4 nitrogen and oxygen atoms in total. The molecule has 0 aromatic carbocycles. The Labute approximate surface area is 154 Å². The molecular formula is C20H26N2O2S. The number of carbonyl (C=O) groups excluding carboxylic acids is 2. The number of hydrogen-bond acceptors (Lipinski definition) is 3. The fraction of sp³-hybridized carbons (Fsp3) is 0.600. The van der Waals surface area contributed by atoms with E-state index in [1.54, 1.807) is 16.2 Å². The number of thiophene rings is 1. The number of nitrogens with zero attached hydrogens (tertiary/aromatic N) is 2. The van der Waals surface area contributed by atoms with Gasteiger partial charge in [0, 0.05) is 31.6 Å². The van der Waals surface area contributed by atoms with Crippen LogP contribution >= 0.6 is 11.3 Å². The minimum atomic E-state index is -0.532. The maximum absolute atomic E-state index is 12.6. The smallest absolute Gasteiger partial charge is 0.240 e. The highest BCUT2D eigenvalue weighted by molar-refractivity contribution is 7.10. The van der Waals surface area contributed by atoms with Gasteiger partial charge in [-0.1, -0.05) is 5.92 Å². The van der Waals surface area contributed by atoms with Gasteiger partial charge in [-0.15, -0.1) is 17.8 Å². The summed E-state index contributed by atoms with van der Waals surface area (Å²) in [6.45, 7) is 4.31. The van der Waals surface area contributed by atoms with E-state index in [4.69, 9.17) is 6.42 Å². The van der Waals surface area contributed by atoms with E-state index in [-0.39, 0.29) is 11.8 Å². The zero-order valence-corrected chi connectivity index (χ0v) is 15.9. The number of hydrogen-bond donors (Lipinski definition) is 0. The number of rotatable bonds is 5. The van der Waals surface area contributed by atoms with Crippen LogP contribution in [0.25, 0.3) is 0 Å². The maximum Gasteiger partial charge on any atom is 0.240 e. The van der Waals surface area contributed by atoms with Gasteiger partial charge >= 0.3 is 0 Å². The lowest BCUT2D eigenvalue weighted by atomic mass is 9.96. The molecule has 1 saturated heterocycles. The molecule has 1 unspecified atom stereocenters. The summed E-state index contributed by atoms with van der Waals surface area (Å²) in [4.78, 5) is 30.1. The van der Waals surface area contributed by atoms with Gasteiger partial charge in [0.1, 0.15) is 5.41 Å². The lowest BCUT2D eigenvalue weighted by Crippen LogP contribution is -2.45. The molecule has 1 aliphatic heterocycles. The van der Waals surface area contributed by atoms with Crippen molar-refractivity contribution in [3.8, 4) is 12.3 Å². The van der Waals surface area contributed by atoms with E-state index in [0.717, 1.165) is 44.3 Å². The van der Waals surface area contributed by atoms with Crippen LogP contribution in [0.5, 0.6) is 0 Å². The van der Waals surface area contributed by atoms with Crippen LogP contribution < -0.4 is 0 Å². The quantitative estimate of drug-likeness (QED) is 0.760. The van der Waals surface area contributed by atoms with Gasteiger partial charge in [0.05, 0.1) is 6.42 Å². The SMILES string of the molecule is C#CC1(C(=O)N(C)CC2CCCN(C(=O)Cc3ccsc3C)C2)CC1. The first kappa shape index (κ1) is 18.0. The molecular weight excluding hydrogens is 332 g/mol. The second-order valence-corrected chi connectivity index (χ2v) is 8.56. The van der Waals surface area contributed by atoms with Crippen molar-refractivity contribution in [3.05, 3.63) is 21.9 Å². The Morgan fingerprint density at radius 1 is 1.48 bits per heavy atom. The van der Waals surface area contributed by atoms with Gasteiger partial charge in [0.25, 0.3) is 0 Å². The summed E-state index contributed by atoms with van der Waals surface area (Å²) in [6.07, 6.45) is 9.69. The average molecular weight is 359 g/mol. The topological polar surface area (TPSA) is 40.6 Å². The predicted molar refractivity (Wildman–Crippen MR) is 100 cm³/mol. The Morgan fingerprint density at radius 3 is 2.84 bits per heavy atom. The monoisotopic (exact) mass is 358 g/mol. The third kappa shape index (κ3) is 3.90. The minimum Gasteiger partial charge on any atom is -0.344 e. The van der Waals surface area contributed by atoms with Crippen molar-refractivity contribution >= 4 is 23.2 Å². The normalized spacial score (nSPS) is 21.5. The molecule has 2 heterocycles. The van der Waals surface area contributed by atoms with Crippen LogP contribution in [-0.4, -0.2) is 48.3 Å². The zero-order chi connectivity index (χ0) is 18.0. The van der Waals surface area contributed by atoms with Crippen molar-refractivity contribution in [3.63, 3.8) is 0 Å². The molecule has 0 radical (unpaired) electrons. The van der Waals surface area contributed by atoms with Crippen LogP contribution in [0.3, 0.4) is 0 Å². The van der Waals surface area contributed by atoms with Gasteiger partial charge in [-0.05, 0) is 55.5 Å². The van der Waals surface area contributed by atoms with Crippen LogP contribution in [0.4, 0.5) is 0 Å². The van der Waals surface area contributed by atoms with E-state index in [2.05, 4.69) is 12.8 Å². The third-order valence-electron chi connectivity index (χ3n) is 5.49. The number of terminal acetylenes is 1. The van der Waals surface area contributed by atoms with Crippen molar-refractivity contribution in [2.45, 2.75) is 39.0 Å². The summed E-state index contributed by atoms with van der Waals surface area (Å²) in [5.41, 5.74) is 0.601. The summed E-state index contributed by atoms with van der Waals surface area (Å²) in [7, 11) is 1.84. The Bertz CT molecular complexity index is 699. The van der Waals surface area contributed by atoms with E-state index < -0.39 is 5.41 Å². The van der Waals surface area contributed by atoms with Gasteiger partial charge in [0.2, 0.25) is 11.8 Å². The third-order valence-corrected chi connectivity index (χ3v) is 6.38. The van der Waals surface area contributed by atoms with Crippen LogP contribution in [-0.2, 0) is 16.0 Å². The standard InChI is InChI=1S/C20H26N2O2S/c1-4-20(8-9-20)19(24)21(3)13-16-6-5-10-22(14-16)18(23)12-17-7-11-25-15(17)2/h1,7,11,16H,5-6,8-10,12-14H2,2-3H3. The molecule has 0 bridgehead atoms. The second kappa shape index (κ2) is 7.21. The van der Waals surface area contributed by atoms with Gasteiger partial charge < -0.3 is 9.80 Å². The fourth-order valence-corrected chi connectivity index (χ4v) is 4.42. The largest absolute Gasteiger partial charge is 0.344 e. The molecule has 1 atom stereocenters. The second-order valence-electron chi connectivity index (χ2n) is 7.44. The van der Waals surface area contributed by atoms with Crippen LogP contribution in [0.15, 0.2) is 11.4 Å². The molecule has 134 valence electrons. The van der Waals surface area contributed by atoms with Crippen LogP contribution in [0, 0.1) is 30.6 Å². The molecule has 1 saturated carbocycles. The molecule has 25 heavy (non-hydrogen) atoms. The molecule has 1 aliphatic carbocycles. The predicted octanol–water partition coefficient (Wildman–Crippen LogP) is 2.71. The Hall–Kier alpha value is -1.80. The first-order valence-corrected chi connectivity index (χ1v) is 9.87. The zero-order valence-electron chi connectivity index (χ0n) is 15.1. The highest BCUT2D eigenvalue weighted by atomic mass is 32.1. The van der Waals surface area contributed by atoms with E-state index >= 15 is 0 Å². The van der Waals surface area contributed by atoms with Crippen molar-refractivity contribution < 1.29 is 9.59 Å². The summed E-state index contributed by atoms with van der Waals surface area (Å²) >= 11 is 1.68. The molecule has 3 rings (SSSR count). The highest BCUT2D eigenvalue weighted by Gasteiger charge is 2.50. The van der Waals surface area contributed by atoms with Crippen LogP contribution in [0.2, 0.25) is 0 Å². The lowest BCUT2D eigenvalue weighted by molar-refractivity contribution is -0.135. The molecule has 0 spiro atoms. The summed E-state index contributed by atoms with van der Waals surface area (Å²) in [6, 6.07) is 2.04. The van der Waals surface area contributed by atoms with Gasteiger partial charge in [-0.2, -0.15) is 0 Å². The molecule has 2 amide bonds. The Kier molecular flexibility index (Phi) is 5.19. The lowest BCUT2D eigenvalue weighted by Gasteiger charge is -2.35. The number of amides is 2. The van der Waals surface area contributed by atoms with Gasteiger partial charge in [-0.3, -0.25) is 9.59 Å². The molecule has 5 heteroatoms. The number of aryl methyl sites for hydroxylation is 1. The average Bonchev–Trinajstić information content (AvgIpc) is 3.32. The van der Waals surface area contributed by atoms with Gasteiger partial charge in [0.15, 0.2) is 0 Å². The molecule has 1 aromatic rings.